The van der Waals surface area contributed by atoms with Crippen LogP contribution >= 0.6 is 0 Å². The van der Waals surface area contributed by atoms with Crippen molar-refractivity contribution in [2.45, 2.75) is 19.6 Å². The van der Waals surface area contributed by atoms with Crippen molar-refractivity contribution in [1.29, 1.82) is 0 Å². The van der Waals surface area contributed by atoms with E-state index in [2.05, 4.69) is 50.5 Å². The zero-order valence-corrected chi connectivity index (χ0v) is 17.0. The van der Waals surface area contributed by atoms with Gasteiger partial charge in [-0.2, -0.15) is 0 Å². The summed E-state index contributed by atoms with van der Waals surface area (Å²) in [5.74, 6) is 0. The van der Waals surface area contributed by atoms with Gasteiger partial charge in [0.2, 0.25) is 19.6 Å². The van der Waals surface area contributed by atoms with E-state index in [4.69, 9.17) is 0 Å². The van der Waals surface area contributed by atoms with Gasteiger partial charge in [0.05, 0.1) is 0 Å². The minimum Gasteiger partial charge on any atom is -0.0569 e. The van der Waals surface area contributed by atoms with Gasteiger partial charge in [0.1, 0.15) is 0 Å². The first kappa shape index (κ1) is 17.8. The van der Waals surface area contributed by atoms with Gasteiger partial charge in [-0.3, -0.25) is 0 Å². The largest absolute Gasteiger partial charge is 2.00 e. The molecule has 17 heavy (non-hydrogen) atoms. The minimum atomic E-state index is 0. The quantitative estimate of drug-likeness (QED) is 0.368. The Labute approximate surface area is 144 Å². The summed E-state index contributed by atoms with van der Waals surface area (Å²) < 4.78 is 0. The van der Waals surface area contributed by atoms with Crippen LogP contribution in [0.2, 0.25) is 0 Å². The first-order valence-corrected chi connectivity index (χ1v) is 6.65. The molecule has 2 rings (SSSR count). The Balaban J connectivity index is 0.000000284. The average Bonchev–Trinajstić information content (AvgIpc) is 2.28. The van der Waals surface area contributed by atoms with E-state index in [0.717, 1.165) is 19.6 Å². The van der Waals surface area contributed by atoms with Crippen LogP contribution < -0.4 is 0 Å². The third kappa shape index (κ3) is 7.05. The predicted octanol–water partition coefficient (Wildman–Crippen LogP) is 0.474. The molecule has 0 bridgehead atoms. The molecular weight excluding hydrogens is 480 g/mol. The van der Waals surface area contributed by atoms with E-state index in [1.807, 2.05) is 48.5 Å². The molecule has 0 saturated carbocycles. The number of hydrogen-bond acceptors (Lipinski definition) is 0. The zero-order chi connectivity index (χ0) is 12.0. The minimum absolute atomic E-state index is 0. The molecule has 0 unspecified atom stereocenters. The van der Waals surface area contributed by atoms with Crippen LogP contribution in [0.3, 0.4) is 0 Å². The molecule has 86 valence electrons. The second kappa shape index (κ2) is 9.66. The molecule has 0 atom stereocenters. The summed E-state index contributed by atoms with van der Waals surface area (Å²) in [5.41, 5.74) is 0. The molecule has 0 aliphatic rings. The molecule has 0 amide bonds. The van der Waals surface area contributed by atoms with E-state index in [-0.39, 0.29) is 27.3 Å². The van der Waals surface area contributed by atoms with E-state index in [1.165, 1.54) is 0 Å². The molecule has 5 heteroatoms. The van der Waals surface area contributed by atoms with Gasteiger partial charge >= 0.3 is 27.3 Å². The number of rotatable bonds is 0. The Bertz CT molecular complexity index is 374. The van der Waals surface area contributed by atoms with Crippen molar-refractivity contribution >= 4 is 77.8 Å². The Hall–Kier alpha value is 0.762. The molecule has 0 spiro atoms. The van der Waals surface area contributed by atoms with Gasteiger partial charge in [-0.1, -0.05) is 24.3 Å². The van der Waals surface area contributed by atoms with Crippen LogP contribution in [0.1, 0.15) is 0 Å². The van der Waals surface area contributed by atoms with E-state index in [0.29, 0.717) is 0 Å². The van der Waals surface area contributed by atoms with E-state index in [9.17, 15) is 0 Å². The third-order valence-corrected chi connectivity index (χ3v) is 4.10. The predicted molar refractivity (Wildman–Crippen MR) is 92.3 cm³/mol. The van der Waals surface area contributed by atoms with E-state index < -0.39 is 0 Å². The molecule has 2 aromatic rings. The smallest absolute Gasteiger partial charge is 0.0569 e. The average molecular weight is 496 g/mol. The maximum absolute atomic E-state index is 3.39. The maximum atomic E-state index is 3.39. The van der Waals surface area contributed by atoms with E-state index >= 15 is 0 Å². The molecule has 0 fully saturated rings. The molecule has 0 aliphatic heterocycles. The summed E-state index contributed by atoms with van der Waals surface area (Å²) in [5, 5.41) is 0. The zero-order valence-electron chi connectivity index (χ0n) is 9.12. The third-order valence-electron chi connectivity index (χ3n) is 1.85. The van der Waals surface area contributed by atoms with Crippen LogP contribution in [0.25, 0.3) is 0 Å². The van der Waals surface area contributed by atoms with Gasteiger partial charge in [0.25, 0.3) is 0 Å². The van der Waals surface area contributed by atoms with Crippen LogP contribution in [0.15, 0.2) is 68.1 Å². The second-order valence-electron chi connectivity index (χ2n) is 3.09. The van der Waals surface area contributed by atoms with Gasteiger partial charge in [-0.05, 0) is 74.8 Å². The molecule has 0 nitrogen and oxygen atoms in total. The van der Waals surface area contributed by atoms with Gasteiger partial charge in [0.15, 0.2) is 0 Å². The summed E-state index contributed by atoms with van der Waals surface area (Å²) in [6, 6.07) is 15.9. The van der Waals surface area contributed by atoms with Crippen molar-refractivity contribution in [3.05, 3.63) is 48.5 Å². The van der Waals surface area contributed by atoms with Crippen LogP contribution in [-0.4, -0.2) is 27.3 Å². The van der Waals surface area contributed by atoms with Gasteiger partial charge < -0.3 is 0 Å². The molecule has 0 N–H and O–H groups in total. The fourth-order valence-corrected chi connectivity index (χ4v) is 1.68. The van der Waals surface area contributed by atoms with Crippen molar-refractivity contribution in [2.24, 2.45) is 0 Å². The normalized spacial score (nSPS) is 8.71. The molecule has 0 aromatic heterocycles. The van der Waals surface area contributed by atoms with Crippen molar-refractivity contribution in [1.82, 2.24) is 0 Å². The second-order valence-corrected chi connectivity index (χ2v) is 5.25. The first-order chi connectivity index (χ1) is 7.61. The standard InChI is InChI=1S/2C6H6S2.Pb/c2*7-5-3-1-2-4-6(5)8;/h2*1-4,7-8H;/q;;+2/p+4. The Morgan fingerprint density at radius 1 is 0.471 bits per heavy atom. The van der Waals surface area contributed by atoms with Crippen LogP contribution in [0.5, 0.6) is 0 Å². The van der Waals surface area contributed by atoms with Crippen LogP contribution in [0, 0.1) is 0 Å². The Morgan fingerprint density at radius 2 is 0.647 bits per heavy atom. The molecule has 2 radical (unpaired) electrons. The topological polar surface area (TPSA) is 0 Å². The first-order valence-electron chi connectivity index (χ1n) is 4.65. The van der Waals surface area contributed by atoms with Crippen LogP contribution in [0.4, 0.5) is 0 Å². The SMILES string of the molecule is [Pb+2].[SH2+]c1ccccc1[SH2+].[SH2+]c1ccccc1[SH2+]. The van der Waals surface area contributed by atoms with Gasteiger partial charge in [-0.15, -0.1) is 0 Å². The molecule has 0 saturated heterocycles. The molecule has 0 heterocycles. The Kier molecular flexibility index (Phi) is 10.1. The summed E-state index contributed by atoms with van der Waals surface area (Å²) >= 11 is 13.6. The maximum Gasteiger partial charge on any atom is 2.00 e. The molecule has 2 aromatic carbocycles. The van der Waals surface area contributed by atoms with Crippen LogP contribution in [-0.2, 0) is 50.5 Å². The number of hydrogen-bond donors (Lipinski definition) is 0. The monoisotopic (exact) mass is 496 g/mol. The summed E-state index contributed by atoms with van der Waals surface area (Å²) in [7, 11) is 0. The van der Waals surface area contributed by atoms with Crippen molar-refractivity contribution in [2.75, 3.05) is 0 Å². The number of benzene rings is 2. The van der Waals surface area contributed by atoms with Gasteiger partial charge in [0, 0.05) is 0 Å². The van der Waals surface area contributed by atoms with E-state index in [1.54, 1.807) is 0 Å². The van der Waals surface area contributed by atoms with Gasteiger partial charge in [-0.25, -0.2) is 0 Å². The summed E-state index contributed by atoms with van der Waals surface area (Å²) in [6.07, 6.45) is 0. The molecule has 0 aliphatic carbocycles. The molecular formula is C12H16PbS4+6. The summed E-state index contributed by atoms with van der Waals surface area (Å²) in [4.78, 5) is 4.35. The van der Waals surface area contributed by atoms with Crippen molar-refractivity contribution in [3.8, 4) is 0 Å². The fraction of sp³-hybridized carbons (Fsp3) is 0. The van der Waals surface area contributed by atoms with Crippen molar-refractivity contribution in [3.63, 3.8) is 0 Å². The fourth-order valence-electron chi connectivity index (χ4n) is 0.966. The summed E-state index contributed by atoms with van der Waals surface area (Å²) in [6.45, 7) is 0. The van der Waals surface area contributed by atoms with Crippen molar-refractivity contribution < 1.29 is 0 Å². The Morgan fingerprint density at radius 3 is 0.765 bits per heavy atom.